The molecule has 0 fully saturated rings. The van der Waals surface area contributed by atoms with Crippen molar-refractivity contribution in [3.8, 4) is 0 Å². The Kier molecular flexibility index (Phi) is 5.56. The quantitative estimate of drug-likeness (QED) is 0.852. The molecule has 0 aliphatic rings. The van der Waals surface area contributed by atoms with Crippen LogP contribution >= 0.6 is 11.6 Å². The summed E-state index contributed by atoms with van der Waals surface area (Å²) in [6.45, 7) is 2.12. The maximum Gasteiger partial charge on any atom is 0.137 e. The van der Waals surface area contributed by atoms with Crippen LogP contribution in [-0.4, -0.2) is 26.0 Å². The second-order valence-corrected chi connectivity index (χ2v) is 5.42. The minimum Gasteiger partial charge on any atom is -0.391 e. The van der Waals surface area contributed by atoms with E-state index in [4.69, 9.17) is 11.6 Å². The monoisotopic (exact) mass is 293 g/mol. The van der Waals surface area contributed by atoms with E-state index in [1.54, 1.807) is 11.0 Å². The molecule has 0 aliphatic carbocycles. The first kappa shape index (κ1) is 15.0. The van der Waals surface area contributed by atoms with E-state index >= 15 is 0 Å². The van der Waals surface area contributed by atoms with Crippen LogP contribution in [0.4, 0.5) is 0 Å². The minimum atomic E-state index is -0.424. The maximum absolute atomic E-state index is 10.4. The van der Waals surface area contributed by atoms with Crippen molar-refractivity contribution in [3.63, 3.8) is 0 Å². The van der Waals surface area contributed by atoms with E-state index in [0.717, 1.165) is 29.8 Å². The van der Waals surface area contributed by atoms with E-state index in [9.17, 15) is 5.11 Å². The average Bonchev–Trinajstić information content (AvgIpc) is 2.98. The molecule has 20 heavy (non-hydrogen) atoms. The average molecular weight is 294 g/mol. The highest BCUT2D eigenvalue weighted by Crippen LogP contribution is 2.22. The zero-order valence-electron chi connectivity index (χ0n) is 11.6. The molecule has 0 bridgehead atoms. The van der Waals surface area contributed by atoms with Crippen molar-refractivity contribution in [1.29, 1.82) is 0 Å². The van der Waals surface area contributed by atoms with E-state index in [1.165, 1.54) is 6.33 Å². The van der Waals surface area contributed by atoms with Gasteiger partial charge < -0.3 is 5.11 Å². The van der Waals surface area contributed by atoms with Crippen LogP contribution in [0.15, 0.2) is 36.9 Å². The summed E-state index contributed by atoms with van der Waals surface area (Å²) in [6.07, 6.45) is 6.30. The van der Waals surface area contributed by atoms with E-state index in [0.29, 0.717) is 6.42 Å². The van der Waals surface area contributed by atoms with Crippen molar-refractivity contribution in [2.75, 3.05) is 0 Å². The molecule has 1 N–H and O–H groups in total. The smallest absolute Gasteiger partial charge is 0.137 e. The van der Waals surface area contributed by atoms with E-state index in [1.807, 2.05) is 24.3 Å². The van der Waals surface area contributed by atoms with Gasteiger partial charge in [-0.05, 0) is 30.5 Å². The lowest BCUT2D eigenvalue weighted by Gasteiger charge is -2.23. The Bertz CT molecular complexity index is 498. The molecule has 1 aromatic carbocycles. The maximum atomic E-state index is 10.4. The van der Waals surface area contributed by atoms with Gasteiger partial charge in [-0.1, -0.05) is 43.5 Å². The number of aromatic nitrogens is 3. The first-order chi connectivity index (χ1) is 9.70. The molecule has 0 spiro atoms. The van der Waals surface area contributed by atoms with Crippen molar-refractivity contribution in [2.24, 2.45) is 0 Å². The first-order valence-corrected chi connectivity index (χ1v) is 7.35. The Labute approximate surface area is 124 Å². The van der Waals surface area contributed by atoms with Crippen LogP contribution in [0.5, 0.6) is 0 Å². The fourth-order valence-electron chi connectivity index (χ4n) is 2.26. The minimum absolute atomic E-state index is 0.0924. The molecule has 5 heteroatoms. The SMILES string of the molecule is CCCCC(O)C(Cc1ccc(Cl)cc1)n1cncn1. The normalized spacial score (nSPS) is 14.2. The predicted octanol–water partition coefficient (Wildman–Crippen LogP) is 3.27. The number of hydrogen-bond acceptors (Lipinski definition) is 3. The number of benzene rings is 1. The van der Waals surface area contributed by atoms with Crippen LogP contribution in [0.25, 0.3) is 0 Å². The topological polar surface area (TPSA) is 50.9 Å². The Morgan fingerprint density at radius 3 is 2.65 bits per heavy atom. The second-order valence-electron chi connectivity index (χ2n) is 4.98. The Balaban J connectivity index is 2.12. The van der Waals surface area contributed by atoms with Gasteiger partial charge in [0.05, 0.1) is 12.1 Å². The number of aliphatic hydroxyl groups is 1. The molecule has 2 rings (SSSR count). The second kappa shape index (κ2) is 7.41. The van der Waals surface area contributed by atoms with Gasteiger partial charge in [0.25, 0.3) is 0 Å². The number of aliphatic hydroxyl groups excluding tert-OH is 1. The molecule has 0 saturated heterocycles. The summed E-state index contributed by atoms with van der Waals surface area (Å²) >= 11 is 5.90. The summed E-state index contributed by atoms with van der Waals surface area (Å²) in [5.41, 5.74) is 1.13. The largest absolute Gasteiger partial charge is 0.391 e. The van der Waals surface area contributed by atoms with Gasteiger partial charge in [0.1, 0.15) is 12.7 Å². The van der Waals surface area contributed by atoms with Crippen LogP contribution in [0.2, 0.25) is 5.02 Å². The van der Waals surface area contributed by atoms with Gasteiger partial charge in [-0.2, -0.15) is 5.10 Å². The molecule has 108 valence electrons. The van der Waals surface area contributed by atoms with Gasteiger partial charge in [-0.25, -0.2) is 9.67 Å². The van der Waals surface area contributed by atoms with Crippen LogP contribution in [0.1, 0.15) is 37.8 Å². The highest BCUT2D eigenvalue weighted by molar-refractivity contribution is 6.30. The third kappa shape index (κ3) is 4.05. The summed E-state index contributed by atoms with van der Waals surface area (Å²) < 4.78 is 1.74. The van der Waals surface area contributed by atoms with E-state index in [2.05, 4.69) is 17.0 Å². The summed E-state index contributed by atoms with van der Waals surface area (Å²) in [7, 11) is 0. The Hall–Kier alpha value is -1.39. The number of unbranched alkanes of at least 4 members (excludes halogenated alkanes) is 1. The Morgan fingerprint density at radius 1 is 1.30 bits per heavy atom. The predicted molar refractivity (Wildman–Crippen MR) is 79.7 cm³/mol. The fourth-order valence-corrected chi connectivity index (χ4v) is 2.39. The fraction of sp³-hybridized carbons (Fsp3) is 0.467. The van der Waals surface area contributed by atoms with Crippen molar-refractivity contribution >= 4 is 11.6 Å². The lowest BCUT2D eigenvalue weighted by molar-refractivity contribution is 0.0945. The molecule has 2 aromatic rings. The van der Waals surface area contributed by atoms with Gasteiger partial charge in [-0.3, -0.25) is 0 Å². The highest BCUT2D eigenvalue weighted by atomic mass is 35.5. The molecule has 0 aliphatic heterocycles. The third-order valence-corrected chi connectivity index (χ3v) is 3.68. The summed E-state index contributed by atoms with van der Waals surface area (Å²) in [4.78, 5) is 3.98. The van der Waals surface area contributed by atoms with Crippen LogP contribution in [0.3, 0.4) is 0 Å². The molecule has 1 heterocycles. The molecule has 2 atom stereocenters. The van der Waals surface area contributed by atoms with Crippen molar-refractivity contribution in [3.05, 3.63) is 47.5 Å². The third-order valence-electron chi connectivity index (χ3n) is 3.43. The molecular weight excluding hydrogens is 274 g/mol. The van der Waals surface area contributed by atoms with Crippen molar-refractivity contribution in [2.45, 2.75) is 44.8 Å². The molecule has 1 aromatic heterocycles. The first-order valence-electron chi connectivity index (χ1n) is 6.97. The molecule has 0 saturated carbocycles. The standard InChI is InChI=1S/C15H20ClN3O/c1-2-3-4-15(20)14(19-11-17-10-18-19)9-12-5-7-13(16)8-6-12/h5-8,10-11,14-15,20H,2-4,9H2,1H3. The summed E-state index contributed by atoms with van der Waals surface area (Å²) in [5, 5.41) is 15.3. The molecule has 4 nitrogen and oxygen atoms in total. The summed E-state index contributed by atoms with van der Waals surface area (Å²) in [5.74, 6) is 0. The lowest BCUT2D eigenvalue weighted by atomic mass is 9.98. The number of nitrogens with zero attached hydrogens (tertiary/aromatic N) is 3. The number of hydrogen-bond donors (Lipinski definition) is 1. The van der Waals surface area contributed by atoms with Gasteiger partial charge in [0.15, 0.2) is 0 Å². The molecule has 2 unspecified atom stereocenters. The van der Waals surface area contributed by atoms with Gasteiger partial charge in [0, 0.05) is 5.02 Å². The van der Waals surface area contributed by atoms with Crippen LogP contribution in [-0.2, 0) is 6.42 Å². The number of rotatable bonds is 7. The molecule has 0 radical (unpaired) electrons. The van der Waals surface area contributed by atoms with E-state index < -0.39 is 6.10 Å². The molecule has 0 amide bonds. The zero-order chi connectivity index (χ0) is 14.4. The van der Waals surface area contributed by atoms with Gasteiger partial charge in [0.2, 0.25) is 0 Å². The number of halogens is 1. The van der Waals surface area contributed by atoms with Crippen LogP contribution < -0.4 is 0 Å². The Morgan fingerprint density at radius 2 is 2.05 bits per heavy atom. The van der Waals surface area contributed by atoms with Gasteiger partial charge in [-0.15, -0.1) is 0 Å². The molecular formula is C15H20ClN3O. The highest BCUT2D eigenvalue weighted by Gasteiger charge is 2.21. The van der Waals surface area contributed by atoms with Crippen LogP contribution in [0, 0.1) is 0 Å². The summed E-state index contributed by atoms with van der Waals surface area (Å²) in [6, 6.07) is 7.61. The van der Waals surface area contributed by atoms with Crippen molar-refractivity contribution in [1.82, 2.24) is 14.8 Å². The van der Waals surface area contributed by atoms with Gasteiger partial charge >= 0.3 is 0 Å². The van der Waals surface area contributed by atoms with E-state index in [-0.39, 0.29) is 6.04 Å². The van der Waals surface area contributed by atoms with Crippen molar-refractivity contribution < 1.29 is 5.11 Å². The zero-order valence-corrected chi connectivity index (χ0v) is 12.4. The lowest BCUT2D eigenvalue weighted by Crippen LogP contribution is -2.26.